The van der Waals surface area contributed by atoms with Crippen LogP contribution in [-0.4, -0.2) is 21.9 Å². The summed E-state index contributed by atoms with van der Waals surface area (Å²) in [7, 11) is 1.94. The number of nitrogens with one attached hydrogen (secondary N) is 1. The molecule has 2 aliphatic carbocycles. The standard InChI is InChI=1S/C20H30.C7H10N2.C5H12FN/c1-4-6-17(5-2)7-8-19-12-15-20(3,16-13-19)14-11-18-9-10-18;1-6(2)7-4-9(3)5-8-7;1-4-7-5(2,3)6/h1,5-6,18-19H,2,7-16H2,3H3;4-5H,1H2,2-3H3;7H,4H2,1-3H3/b17-6+;;. The SMILES string of the molecule is C#C/C=C(\C=C)CCC1CCC(C)(CCC2CC2)CC1.C=C(C)c1cn(C)cn1.CCNC(C)(C)F. The van der Waals surface area contributed by atoms with Crippen molar-refractivity contribution in [3.05, 3.63) is 49.1 Å². The number of aryl methyl sites for hydroxylation is 1. The fourth-order valence-electron chi connectivity index (χ4n) is 4.64. The number of aromatic nitrogens is 2. The number of rotatable bonds is 10. The lowest BCUT2D eigenvalue weighted by atomic mass is 9.68. The first-order valence-electron chi connectivity index (χ1n) is 13.8. The predicted octanol–water partition coefficient (Wildman–Crippen LogP) is 8.65. The van der Waals surface area contributed by atoms with E-state index in [2.05, 4.69) is 36.3 Å². The molecule has 0 radical (unpaired) electrons. The predicted molar refractivity (Wildman–Crippen MR) is 155 cm³/mol. The quantitative estimate of drug-likeness (QED) is 0.199. The molecule has 0 saturated heterocycles. The van der Waals surface area contributed by atoms with Gasteiger partial charge in [-0.3, -0.25) is 5.32 Å². The average Bonchev–Trinajstić information content (AvgIpc) is 3.54. The van der Waals surface area contributed by atoms with E-state index in [0.29, 0.717) is 12.0 Å². The molecule has 0 spiro atoms. The van der Waals surface area contributed by atoms with Crippen LogP contribution in [0.5, 0.6) is 0 Å². The van der Waals surface area contributed by atoms with Crippen LogP contribution >= 0.6 is 0 Å². The molecular formula is C32H52FN3. The van der Waals surface area contributed by atoms with Gasteiger partial charge >= 0.3 is 0 Å². The molecular weight excluding hydrogens is 445 g/mol. The molecule has 3 nitrogen and oxygen atoms in total. The summed E-state index contributed by atoms with van der Waals surface area (Å²) in [6.07, 6.45) is 26.9. The van der Waals surface area contributed by atoms with Crippen LogP contribution in [0.2, 0.25) is 0 Å². The Hall–Kier alpha value is -2.12. The third kappa shape index (κ3) is 14.4. The molecule has 0 atom stereocenters. The minimum atomic E-state index is -1.20. The van der Waals surface area contributed by atoms with Crippen molar-refractivity contribution in [1.82, 2.24) is 14.9 Å². The molecule has 36 heavy (non-hydrogen) atoms. The van der Waals surface area contributed by atoms with Gasteiger partial charge in [-0.1, -0.05) is 51.8 Å². The number of nitrogens with zero attached hydrogens (tertiary/aromatic N) is 2. The summed E-state index contributed by atoms with van der Waals surface area (Å²) < 4.78 is 14.2. The molecule has 202 valence electrons. The third-order valence-electron chi connectivity index (χ3n) is 7.28. The fraction of sp³-hybridized carbons (Fsp3) is 0.656. The number of terminal acetylenes is 1. The number of allylic oxidation sites excluding steroid dienone is 4. The zero-order valence-corrected chi connectivity index (χ0v) is 24.0. The molecule has 0 amide bonds. The van der Waals surface area contributed by atoms with Crippen molar-refractivity contribution >= 4 is 5.57 Å². The highest BCUT2D eigenvalue weighted by molar-refractivity contribution is 5.56. The zero-order chi connectivity index (χ0) is 27.2. The van der Waals surface area contributed by atoms with E-state index in [-0.39, 0.29) is 0 Å². The molecule has 0 unspecified atom stereocenters. The maximum Gasteiger partial charge on any atom is 0.156 e. The molecule has 0 aromatic carbocycles. The van der Waals surface area contributed by atoms with Crippen molar-refractivity contribution in [1.29, 1.82) is 0 Å². The van der Waals surface area contributed by atoms with Crippen molar-refractivity contribution in [2.24, 2.45) is 24.3 Å². The lowest BCUT2D eigenvalue weighted by Crippen LogP contribution is -2.33. The molecule has 2 saturated carbocycles. The van der Waals surface area contributed by atoms with Crippen LogP contribution in [-0.2, 0) is 7.05 Å². The van der Waals surface area contributed by atoms with Gasteiger partial charge in [0.15, 0.2) is 5.79 Å². The van der Waals surface area contributed by atoms with E-state index < -0.39 is 5.79 Å². The summed E-state index contributed by atoms with van der Waals surface area (Å²) >= 11 is 0. The summed E-state index contributed by atoms with van der Waals surface area (Å²) in [5.74, 6) is 3.42. The van der Waals surface area contributed by atoms with Gasteiger partial charge in [0.1, 0.15) is 0 Å². The molecule has 0 aliphatic heterocycles. The van der Waals surface area contributed by atoms with Crippen LogP contribution in [0.25, 0.3) is 5.57 Å². The highest BCUT2D eigenvalue weighted by Gasteiger charge is 2.32. The molecule has 2 fully saturated rings. The maximum atomic E-state index is 12.3. The van der Waals surface area contributed by atoms with Crippen LogP contribution in [0.4, 0.5) is 4.39 Å². The number of imidazole rings is 1. The monoisotopic (exact) mass is 497 g/mol. The van der Waals surface area contributed by atoms with E-state index in [1.54, 1.807) is 6.33 Å². The van der Waals surface area contributed by atoms with Gasteiger partial charge in [-0.25, -0.2) is 9.37 Å². The van der Waals surface area contributed by atoms with Crippen molar-refractivity contribution in [2.75, 3.05) is 6.54 Å². The van der Waals surface area contributed by atoms with E-state index in [9.17, 15) is 4.39 Å². The van der Waals surface area contributed by atoms with Gasteiger partial charge in [-0.15, -0.1) is 6.42 Å². The minimum absolute atomic E-state index is 0.648. The second-order valence-electron chi connectivity index (χ2n) is 11.6. The first-order chi connectivity index (χ1) is 16.9. The largest absolute Gasteiger partial charge is 0.340 e. The van der Waals surface area contributed by atoms with Gasteiger partial charge in [0, 0.05) is 13.2 Å². The van der Waals surface area contributed by atoms with E-state index in [1.807, 2.05) is 43.8 Å². The Morgan fingerprint density at radius 2 is 1.89 bits per heavy atom. The van der Waals surface area contributed by atoms with Gasteiger partial charge in [-0.05, 0) is 113 Å². The lowest BCUT2D eigenvalue weighted by molar-refractivity contribution is 0.147. The normalized spacial score (nSPS) is 21.8. The highest BCUT2D eigenvalue weighted by Crippen LogP contribution is 2.46. The Kier molecular flexibility index (Phi) is 14.1. The number of alkyl halides is 1. The van der Waals surface area contributed by atoms with Crippen molar-refractivity contribution < 1.29 is 4.39 Å². The second kappa shape index (κ2) is 15.9. The molecule has 1 heterocycles. The van der Waals surface area contributed by atoms with Crippen LogP contribution < -0.4 is 5.32 Å². The first kappa shape index (κ1) is 31.9. The number of hydrogen-bond acceptors (Lipinski definition) is 2. The molecule has 3 rings (SSSR count). The molecule has 2 aliphatic rings. The van der Waals surface area contributed by atoms with Crippen LogP contribution in [0.3, 0.4) is 0 Å². The lowest BCUT2D eigenvalue weighted by Gasteiger charge is -2.37. The third-order valence-corrected chi connectivity index (χ3v) is 7.28. The van der Waals surface area contributed by atoms with Crippen molar-refractivity contribution in [3.8, 4) is 12.3 Å². The summed E-state index contributed by atoms with van der Waals surface area (Å²) in [6.45, 7) is 17.6. The fourth-order valence-corrected chi connectivity index (χ4v) is 4.64. The van der Waals surface area contributed by atoms with Crippen LogP contribution in [0, 0.1) is 29.6 Å². The van der Waals surface area contributed by atoms with Gasteiger partial charge < -0.3 is 4.57 Å². The Labute approximate surface area is 221 Å². The van der Waals surface area contributed by atoms with E-state index in [4.69, 9.17) is 6.42 Å². The second-order valence-corrected chi connectivity index (χ2v) is 11.6. The molecule has 0 bridgehead atoms. The van der Waals surface area contributed by atoms with E-state index in [0.717, 1.165) is 29.5 Å². The minimum Gasteiger partial charge on any atom is -0.340 e. The van der Waals surface area contributed by atoms with Crippen molar-refractivity contribution in [3.63, 3.8) is 0 Å². The smallest absolute Gasteiger partial charge is 0.156 e. The van der Waals surface area contributed by atoms with Gasteiger partial charge in [0.25, 0.3) is 0 Å². The van der Waals surface area contributed by atoms with Gasteiger partial charge in [0.05, 0.1) is 12.0 Å². The summed E-state index contributed by atoms with van der Waals surface area (Å²) in [4.78, 5) is 4.08. The van der Waals surface area contributed by atoms with E-state index in [1.165, 1.54) is 77.2 Å². The summed E-state index contributed by atoms with van der Waals surface area (Å²) in [6, 6.07) is 0. The van der Waals surface area contributed by atoms with Crippen LogP contribution in [0.1, 0.15) is 105 Å². The first-order valence-corrected chi connectivity index (χ1v) is 13.8. The average molecular weight is 498 g/mol. The number of hydrogen-bond donors (Lipinski definition) is 1. The topological polar surface area (TPSA) is 29.9 Å². The molecule has 1 N–H and O–H groups in total. The Morgan fingerprint density at radius 1 is 1.28 bits per heavy atom. The maximum absolute atomic E-state index is 12.3. The molecule has 1 aromatic heterocycles. The Morgan fingerprint density at radius 3 is 2.25 bits per heavy atom. The van der Waals surface area contributed by atoms with Crippen LogP contribution in [0.15, 0.2) is 43.4 Å². The number of halogens is 1. The van der Waals surface area contributed by atoms with Gasteiger partial charge in [-0.2, -0.15) is 0 Å². The summed E-state index contributed by atoms with van der Waals surface area (Å²) in [5, 5.41) is 2.62. The molecule has 1 aromatic rings. The Balaban J connectivity index is 0.000000333. The van der Waals surface area contributed by atoms with Gasteiger partial charge in [0.2, 0.25) is 0 Å². The Bertz CT molecular complexity index is 853. The summed E-state index contributed by atoms with van der Waals surface area (Å²) in [5.41, 5.74) is 3.86. The highest BCUT2D eigenvalue weighted by atomic mass is 19.1. The molecule has 4 heteroatoms. The zero-order valence-electron chi connectivity index (χ0n) is 24.0. The van der Waals surface area contributed by atoms with E-state index >= 15 is 0 Å². The van der Waals surface area contributed by atoms with Crippen molar-refractivity contribution in [2.45, 2.75) is 105 Å².